The van der Waals surface area contributed by atoms with Gasteiger partial charge in [-0.25, -0.2) is 8.42 Å². The smallest absolute Gasteiger partial charge is 0.265 e. The van der Waals surface area contributed by atoms with Gasteiger partial charge in [0.2, 0.25) is 0 Å². The summed E-state index contributed by atoms with van der Waals surface area (Å²) in [6.45, 7) is 4.45. The molecule has 0 unspecified atom stereocenters. The fraction of sp³-hybridized carbons (Fsp3) is 0.208. The molecule has 32 heavy (non-hydrogen) atoms. The highest BCUT2D eigenvalue weighted by Crippen LogP contribution is 2.31. The highest BCUT2D eigenvalue weighted by Gasteiger charge is 2.23. The van der Waals surface area contributed by atoms with E-state index in [-0.39, 0.29) is 17.4 Å². The number of aryl methyl sites for hydroxylation is 2. The zero-order valence-electron chi connectivity index (χ0n) is 17.9. The number of rotatable bonds is 6. The van der Waals surface area contributed by atoms with Gasteiger partial charge in [0.25, 0.3) is 15.9 Å². The van der Waals surface area contributed by atoms with Crippen LogP contribution in [0.25, 0.3) is 0 Å². The Morgan fingerprint density at radius 3 is 2.59 bits per heavy atom. The van der Waals surface area contributed by atoms with Crippen molar-refractivity contribution in [3.8, 4) is 11.5 Å². The Bertz CT molecular complexity index is 1240. The van der Waals surface area contributed by atoms with Crippen LogP contribution >= 0.6 is 0 Å². The average molecular weight is 453 g/mol. The maximum atomic E-state index is 12.7. The van der Waals surface area contributed by atoms with Crippen LogP contribution in [0.4, 0.5) is 11.4 Å². The molecule has 1 heterocycles. The van der Waals surface area contributed by atoms with E-state index in [2.05, 4.69) is 4.72 Å². The van der Waals surface area contributed by atoms with E-state index >= 15 is 0 Å². The van der Waals surface area contributed by atoms with Gasteiger partial charge in [0.15, 0.2) is 6.61 Å². The fourth-order valence-electron chi connectivity index (χ4n) is 3.42. The van der Waals surface area contributed by atoms with Crippen LogP contribution < -0.4 is 19.1 Å². The zero-order valence-corrected chi connectivity index (χ0v) is 18.7. The van der Waals surface area contributed by atoms with Gasteiger partial charge in [-0.3, -0.25) is 9.52 Å². The average Bonchev–Trinajstić information content (AvgIpc) is 2.79. The van der Waals surface area contributed by atoms with Crippen molar-refractivity contribution in [2.75, 3.05) is 29.4 Å². The number of carbonyl (C=O) groups excluding carboxylic acids is 1. The lowest BCUT2D eigenvalue weighted by Gasteiger charge is -2.29. The van der Waals surface area contributed by atoms with E-state index in [1.807, 2.05) is 50.2 Å². The first-order valence-electron chi connectivity index (χ1n) is 10.2. The van der Waals surface area contributed by atoms with Crippen LogP contribution in [-0.2, 0) is 14.8 Å². The molecule has 0 bridgehead atoms. The first-order chi connectivity index (χ1) is 15.3. The molecule has 0 atom stereocenters. The molecule has 1 amide bonds. The Balaban J connectivity index is 1.41. The lowest BCUT2D eigenvalue weighted by molar-refractivity contribution is -0.120. The third-order valence-electron chi connectivity index (χ3n) is 5.16. The summed E-state index contributed by atoms with van der Waals surface area (Å²) >= 11 is 0. The molecule has 0 fully saturated rings. The van der Waals surface area contributed by atoms with Crippen LogP contribution in [0.1, 0.15) is 11.1 Å². The van der Waals surface area contributed by atoms with Crippen molar-refractivity contribution in [2.24, 2.45) is 0 Å². The molecule has 4 rings (SSSR count). The molecular weight excluding hydrogens is 428 g/mol. The Morgan fingerprint density at radius 2 is 1.81 bits per heavy atom. The summed E-state index contributed by atoms with van der Waals surface area (Å²) in [6, 6.07) is 18.9. The predicted octanol–water partition coefficient (Wildman–Crippen LogP) is 3.91. The lowest BCUT2D eigenvalue weighted by Crippen LogP contribution is -2.40. The molecule has 0 saturated carbocycles. The molecule has 7 nitrogen and oxygen atoms in total. The van der Waals surface area contributed by atoms with E-state index in [0.717, 1.165) is 11.1 Å². The second kappa shape index (κ2) is 8.92. The van der Waals surface area contributed by atoms with Crippen LogP contribution in [-0.4, -0.2) is 34.1 Å². The highest BCUT2D eigenvalue weighted by molar-refractivity contribution is 7.92. The number of benzene rings is 3. The Kier molecular flexibility index (Phi) is 6.05. The molecule has 0 spiro atoms. The molecular formula is C24H24N2O5S. The van der Waals surface area contributed by atoms with Gasteiger partial charge in [0, 0.05) is 0 Å². The van der Waals surface area contributed by atoms with Gasteiger partial charge >= 0.3 is 0 Å². The Hall–Kier alpha value is -3.52. The lowest BCUT2D eigenvalue weighted by atomic mass is 10.1. The van der Waals surface area contributed by atoms with Gasteiger partial charge in [0.05, 0.1) is 22.8 Å². The van der Waals surface area contributed by atoms with Crippen molar-refractivity contribution < 1.29 is 22.7 Å². The maximum Gasteiger partial charge on any atom is 0.265 e. The van der Waals surface area contributed by atoms with Gasteiger partial charge < -0.3 is 14.4 Å². The van der Waals surface area contributed by atoms with Gasteiger partial charge in [-0.2, -0.15) is 0 Å². The fourth-order valence-corrected chi connectivity index (χ4v) is 4.54. The molecule has 1 aliphatic rings. The molecule has 3 aromatic rings. The van der Waals surface area contributed by atoms with E-state index in [1.165, 1.54) is 24.3 Å². The summed E-state index contributed by atoms with van der Waals surface area (Å²) in [5, 5.41) is 0. The summed E-state index contributed by atoms with van der Waals surface area (Å²) in [5.41, 5.74) is 3.06. The minimum atomic E-state index is -3.75. The molecule has 1 N–H and O–H groups in total. The maximum absolute atomic E-state index is 12.7. The summed E-state index contributed by atoms with van der Waals surface area (Å²) in [7, 11) is -3.75. The largest absolute Gasteiger partial charge is 0.490 e. The third-order valence-corrected chi connectivity index (χ3v) is 6.54. The van der Waals surface area contributed by atoms with Crippen LogP contribution in [0.2, 0.25) is 0 Å². The van der Waals surface area contributed by atoms with Crippen molar-refractivity contribution in [3.63, 3.8) is 0 Å². The number of para-hydroxylation sites is 2. The number of hydrogen-bond acceptors (Lipinski definition) is 5. The minimum absolute atomic E-state index is 0.110. The number of amides is 1. The van der Waals surface area contributed by atoms with E-state index < -0.39 is 10.0 Å². The second-order valence-electron chi connectivity index (χ2n) is 7.55. The number of nitrogens with one attached hydrogen (secondary N) is 1. The number of sulfonamides is 1. The Morgan fingerprint density at radius 1 is 1.06 bits per heavy atom. The summed E-state index contributed by atoms with van der Waals surface area (Å²) in [4.78, 5) is 14.4. The number of anilines is 2. The van der Waals surface area contributed by atoms with Gasteiger partial charge in [0.1, 0.15) is 18.1 Å². The molecule has 8 heteroatoms. The Labute approximate surface area is 187 Å². The van der Waals surface area contributed by atoms with Crippen LogP contribution in [0, 0.1) is 13.8 Å². The molecule has 166 valence electrons. The van der Waals surface area contributed by atoms with Gasteiger partial charge in [-0.05, 0) is 67.4 Å². The monoisotopic (exact) mass is 452 g/mol. The molecule has 1 aliphatic heterocycles. The first-order valence-corrected chi connectivity index (χ1v) is 11.7. The number of carbonyl (C=O) groups is 1. The SMILES string of the molecule is Cc1ccc(C)c(NS(=O)(=O)c2ccc(OCC(=O)N3CCOc4ccccc43)cc2)c1. The van der Waals surface area contributed by atoms with Crippen molar-refractivity contribution in [3.05, 3.63) is 77.9 Å². The number of fused-ring (bicyclic) bond motifs is 1. The zero-order chi connectivity index (χ0) is 22.7. The van der Waals surface area contributed by atoms with E-state index in [9.17, 15) is 13.2 Å². The van der Waals surface area contributed by atoms with Crippen LogP contribution in [0.3, 0.4) is 0 Å². The first kappa shape index (κ1) is 21.7. The number of hydrogen-bond donors (Lipinski definition) is 1. The number of nitrogens with zero attached hydrogens (tertiary/aromatic N) is 1. The minimum Gasteiger partial charge on any atom is -0.490 e. The third kappa shape index (κ3) is 4.70. The second-order valence-corrected chi connectivity index (χ2v) is 9.23. The normalized spacial score (nSPS) is 13.1. The van der Waals surface area contributed by atoms with E-state index in [0.29, 0.717) is 36.0 Å². The van der Waals surface area contributed by atoms with Crippen molar-refractivity contribution in [1.82, 2.24) is 0 Å². The predicted molar refractivity (Wildman–Crippen MR) is 123 cm³/mol. The highest BCUT2D eigenvalue weighted by atomic mass is 32.2. The molecule has 0 saturated heterocycles. The topological polar surface area (TPSA) is 84.9 Å². The van der Waals surface area contributed by atoms with Crippen molar-refractivity contribution in [2.45, 2.75) is 18.7 Å². The van der Waals surface area contributed by atoms with Crippen LogP contribution in [0.5, 0.6) is 11.5 Å². The molecule has 3 aromatic carbocycles. The quantitative estimate of drug-likeness (QED) is 0.613. The molecule has 0 aromatic heterocycles. The molecule has 0 radical (unpaired) electrons. The van der Waals surface area contributed by atoms with Crippen LogP contribution in [0.15, 0.2) is 71.6 Å². The standard InChI is InChI=1S/C24H24N2O5S/c1-17-7-8-18(2)21(15-17)25-32(28,29)20-11-9-19(10-12-20)31-16-24(27)26-13-14-30-23-6-4-3-5-22(23)26/h3-12,15,25H,13-14,16H2,1-2H3. The molecule has 0 aliphatic carbocycles. The summed E-state index contributed by atoms with van der Waals surface area (Å²) < 4.78 is 39.3. The van der Waals surface area contributed by atoms with E-state index in [1.54, 1.807) is 11.0 Å². The summed E-state index contributed by atoms with van der Waals surface area (Å²) in [5.74, 6) is 0.873. The van der Waals surface area contributed by atoms with E-state index in [4.69, 9.17) is 9.47 Å². The van der Waals surface area contributed by atoms with Gasteiger partial charge in [-0.15, -0.1) is 0 Å². The number of ether oxygens (including phenoxy) is 2. The van der Waals surface area contributed by atoms with Crippen molar-refractivity contribution in [1.29, 1.82) is 0 Å². The summed E-state index contributed by atoms with van der Waals surface area (Å²) in [6.07, 6.45) is 0. The van der Waals surface area contributed by atoms with Gasteiger partial charge in [-0.1, -0.05) is 24.3 Å². The van der Waals surface area contributed by atoms with Crippen molar-refractivity contribution >= 4 is 27.3 Å².